The lowest BCUT2D eigenvalue weighted by molar-refractivity contribution is 0.0527. The van der Waals surface area contributed by atoms with E-state index in [9.17, 15) is 4.79 Å². The molecule has 5 nitrogen and oxygen atoms in total. The zero-order valence-corrected chi connectivity index (χ0v) is 13.4. The number of pyridine rings is 1. The summed E-state index contributed by atoms with van der Waals surface area (Å²) < 4.78 is 5.08. The lowest BCUT2D eigenvalue weighted by Crippen LogP contribution is -2.12. The number of hydrogen-bond donors (Lipinski definition) is 2. The Kier molecular flexibility index (Phi) is 5.57. The van der Waals surface area contributed by atoms with Crippen LogP contribution in [0.2, 0.25) is 5.02 Å². The summed E-state index contributed by atoms with van der Waals surface area (Å²) in [6, 6.07) is 3.61. The van der Waals surface area contributed by atoms with Gasteiger partial charge in [0.15, 0.2) is 0 Å². The van der Waals surface area contributed by atoms with Crippen molar-refractivity contribution in [2.75, 3.05) is 25.1 Å². The summed E-state index contributed by atoms with van der Waals surface area (Å²) in [4.78, 5) is 16.5. The van der Waals surface area contributed by atoms with Crippen molar-refractivity contribution in [2.45, 2.75) is 20.3 Å². The highest BCUT2D eigenvalue weighted by Gasteiger charge is 2.17. The number of carbonyl (C=O) groups excluding carboxylic acids is 1. The molecule has 0 aliphatic heterocycles. The molecule has 6 heteroatoms. The summed E-state index contributed by atoms with van der Waals surface area (Å²) in [5.74, 6) is -0.430. The van der Waals surface area contributed by atoms with Gasteiger partial charge < -0.3 is 15.2 Å². The third-order valence-corrected chi connectivity index (χ3v) is 3.48. The number of fused-ring (bicyclic) bond motifs is 1. The molecule has 2 rings (SSSR count). The number of aliphatic hydroxyl groups is 1. The molecule has 118 valence electrons. The van der Waals surface area contributed by atoms with Gasteiger partial charge in [-0.25, -0.2) is 4.79 Å². The monoisotopic (exact) mass is 322 g/mol. The molecular weight excluding hydrogens is 304 g/mol. The first kappa shape index (κ1) is 16.5. The number of hydrogen-bond acceptors (Lipinski definition) is 5. The minimum atomic E-state index is -0.430. The molecule has 0 saturated carbocycles. The number of aliphatic hydroxyl groups excluding tert-OH is 1. The van der Waals surface area contributed by atoms with Crippen LogP contribution in [0.5, 0.6) is 0 Å². The van der Waals surface area contributed by atoms with Crippen molar-refractivity contribution >= 4 is 34.2 Å². The van der Waals surface area contributed by atoms with Crippen LogP contribution < -0.4 is 5.32 Å². The summed E-state index contributed by atoms with van der Waals surface area (Å²) in [7, 11) is 0. The average molecular weight is 323 g/mol. The third-order valence-electron chi connectivity index (χ3n) is 3.26. The fourth-order valence-electron chi connectivity index (χ4n) is 2.28. The van der Waals surface area contributed by atoms with Crippen LogP contribution in [0.4, 0.5) is 5.69 Å². The van der Waals surface area contributed by atoms with E-state index in [-0.39, 0.29) is 6.61 Å². The molecule has 1 aromatic heterocycles. The number of carbonyl (C=O) groups is 1. The van der Waals surface area contributed by atoms with Gasteiger partial charge in [-0.15, -0.1) is 0 Å². The summed E-state index contributed by atoms with van der Waals surface area (Å²) in [5.41, 5.74) is 2.73. The second kappa shape index (κ2) is 7.42. The van der Waals surface area contributed by atoms with Crippen LogP contribution in [0.25, 0.3) is 10.9 Å². The number of aromatic nitrogens is 1. The molecule has 2 N–H and O–H groups in total. The second-order valence-electron chi connectivity index (χ2n) is 4.89. The molecule has 0 aliphatic carbocycles. The summed E-state index contributed by atoms with van der Waals surface area (Å²) >= 11 is 6.14. The van der Waals surface area contributed by atoms with Crippen LogP contribution in [-0.2, 0) is 4.74 Å². The Bertz CT molecular complexity index is 689. The predicted octanol–water partition coefficient (Wildman–Crippen LogP) is 3.17. The van der Waals surface area contributed by atoms with Crippen molar-refractivity contribution in [2.24, 2.45) is 0 Å². The van der Waals surface area contributed by atoms with E-state index in [1.54, 1.807) is 13.0 Å². The predicted molar refractivity (Wildman–Crippen MR) is 87.6 cm³/mol. The zero-order valence-electron chi connectivity index (χ0n) is 12.6. The van der Waals surface area contributed by atoms with Crippen molar-refractivity contribution in [3.05, 3.63) is 34.5 Å². The Balaban J connectivity index is 2.58. The van der Waals surface area contributed by atoms with Gasteiger partial charge in [-0.2, -0.15) is 0 Å². The van der Waals surface area contributed by atoms with Crippen molar-refractivity contribution < 1.29 is 14.6 Å². The van der Waals surface area contributed by atoms with Crippen molar-refractivity contribution in [1.82, 2.24) is 4.98 Å². The van der Waals surface area contributed by atoms with Crippen LogP contribution in [0.3, 0.4) is 0 Å². The van der Waals surface area contributed by atoms with Gasteiger partial charge in [0.05, 0.1) is 17.8 Å². The van der Waals surface area contributed by atoms with E-state index in [1.807, 2.05) is 13.0 Å². The molecule has 1 aromatic carbocycles. The topological polar surface area (TPSA) is 71.5 Å². The summed E-state index contributed by atoms with van der Waals surface area (Å²) in [6.45, 7) is 4.58. The highest BCUT2D eigenvalue weighted by molar-refractivity contribution is 6.31. The third kappa shape index (κ3) is 3.48. The van der Waals surface area contributed by atoms with E-state index in [4.69, 9.17) is 21.4 Å². The molecule has 0 saturated heterocycles. The molecule has 0 fully saturated rings. The van der Waals surface area contributed by atoms with Crippen LogP contribution in [0.1, 0.15) is 29.3 Å². The maximum Gasteiger partial charge on any atom is 0.341 e. The number of aryl methyl sites for hydroxylation is 1. The number of esters is 1. The van der Waals surface area contributed by atoms with Crippen LogP contribution >= 0.6 is 11.6 Å². The van der Waals surface area contributed by atoms with Crippen molar-refractivity contribution in [3.63, 3.8) is 0 Å². The SMILES string of the molecule is CCOC(=O)c1cnc2c(C)cc(Cl)cc2c1NCCCO. The fraction of sp³-hybridized carbons (Fsp3) is 0.375. The smallest absolute Gasteiger partial charge is 0.341 e. The van der Waals surface area contributed by atoms with Gasteiger partial charge in [0, 0.05) is 29.8 Å². The molecule has 0 aliphatic rings. The molecule has 0 atom stereocenters. The largest absolute Gasteiger partial charge is 0.462 e. The number of rotatable bonds is 6. The van der Waals surface area contributed by atoms with Gasteiger partial charge in [-0.1, -0.05) is 11.6 Å². The van der Waals surface area contributed by atoms with Gasteiger partial charge in [0.25, 0.3) is 0 Å². The zero-order chi connectivity index (χ0) is 16.1. The summed E-state index contributed by atoms with van der Waals surface area (Å²) in [6.07, 6.45) is 2.09. The fourth-order valence-corrected chi connectivity index (χ4v) is 2.56. The number of nitrogens with one attached hydrogen (secondary N) is 1. The van der Waals surface area contributed by atoms with E-state index in [0.29, 0.717) is 35.8 Å². The van der Waals surface area contributed by atoms with Crippen LogP contribution in [0, 0.1) is 6.92 Å². The molecular formula is C16H19ClN2O3. The first-order valence-corrected chi connectivity index (χ1v) is 7.57. The minimum Gasteiger partial charge on any atom is -0.462 e. The maximum absolute atomic E-state index is 12.1. The molecule has 0 amide bonds. The lowest BCUT2D eigenvalue weighted by Gasteiger charge is -2.15. The molecule has 0 spiro atoms. The van der Waals surface area contributed by atoms with Gasteiger partial charge in [-0.05, 0) is 38.0 Å². The second-order valence-corrected chi connectivity index (χ2v) is 5.33. The molecule has 0 bridgehead atoms. The van der Waals surface area contributed by atoms with Crippen molar-refractivity contribution in [3.8, 4) is 0 Å². The first-order valence-electron chi connectivity index (χ1n) is 7.19. The maximum atomic E-state index is 12.1. The summed E-state index contributed by atoms with van der Waals surface area (Å²) in [5, 5.41) is 13.5. The Labute approximate surface area is 134 Å². The number of anilines is 1. The highest BCUT2D eigenvalue weighted by atomic mass is 35.5. The van der Waals surface area contributed by atoms with E-state index in [2.05, 4.69) is 10.3 Å². The molecule has 0 radical (unpaired) electrons. The van der Waals surface area contributed by atoms with Crippen LogP contribution in [-0.4, -0.2) is 35.8 Å². The van der Waals surface area contributed by atoms with E-state index < -0.39 is 5.97 Å². The van der Waals surface area contributed by atoms with Gasteiger partial charge in [-0.3, -0.25) is 4.98 Å². The van der Waals surface area contributed by atoms with E-state index in [1.165, 1.54) is 6.20 Å². The number of benzene rings is 1. The normalized spacial score (nSPS) is 10.7. The molecule has 1 heterocycles. The number of ether oxygens (including phenoxy) is 1. The average Bonchev–Trinajstić information content (AvgIpc) is 2.47. The molecule has 22 heavy (non-hydrogen) atoms. The molecule has 0 unspecified atom stereocenters. The minimum absolute atomic E-state index is 0.0739. The van der Waals surface area contributed by atoms with Gasteiger partial charge in [0.1, 0.15) is 5.56 Å². The van der Waals surface area contributed by atoms with E-state index in [0.717, 1.165) is 16.5 Å². The molecule has 2 aromatic rings. The Morgan fingerprint density at radius 1 is 1.45 bits per heavy atom. The Morgan fingerprint density at radius 2 is 2.23 bits per heavy atom. The van der Waals surface area contributed by atoms with Crippen molar-refractivity contribution in [1.29, 1.82) is 0 Å². The first-order chi connectivity index (χ1) is 10.6. The highest BCUT2D eigenvalue weighted by Crippen LogP contribution is 2.31. The standard InChI is InChI=1S/C16H19ClN2O3/c1-3-22-16(21)13-9-19-14-10(2)7-11(17)8-12(14)15(13)18-5-4-6-20/h7-9,20H,3-6H2,1-2H3,(H,18,19). The Morgan fingerprint density at radius 3 is 2.91 bits per heavy atom. The van der Waals surface area contributed by atoms with Gasteiger partial charge in [0.2, 0.25) is 0 Å². The Hall–Kier alpha value is -1.85. The number of nitrogens with zero attached hydrogens (tertiary/aromatic N) is 1. The van der Waals surface area contributed by atoms with Gasteiger partial charge >= 0.3 is 5.97 Å². The van der Waals surface area contributed by atoms with Crippen LogP contribution in [0.15, 0.2) is 18.3 Å². The lowest BCUT2D eigenvalue weighted by atomic mass is 10.1. The quantitative estimate of drug-likeness (QED) is 0.631. The number of halogens is 1. The van der Waals surface area contributed by atoms with E-state index >= 15 is 0 Å².